The van der Waals surface area contributed by atoms with Gasteiger partial charge in [-0.1, -0.05) is 0 Å². The third-order valence-electron chi connectivity index (χ3n) is 2.99. The molecule has 1 aromatic carbocycles. The maximum atomic E-state index is 5.46. The summed E-state index contributed by atoms with van der Waals surface area (Å²) in [4.78, 5) is 0. The van der Waals surface area contributed by atoms with Gasteiger partial charge < -0.3 is 14.8 Å². The van der Waals surface area contributed by atoms with Crippen molar-refractivity contribution in [2.75, 3.05) is 25.6 Å². The molecule has 0 saturated carbocycles. The highest BCUT2D eigenvalue weighted by Gasteiger charge is 2.13. The predicted octanol–water partition coefficient (Wildman–Crippen LogP) is 3.44. The Labute approximate surface area is 111 Å². The average Bonchev–Trinajstić information content (AvgIpc) is 2.60. The molecule has 94 valence electrons. The molecule has 1 aromatic rings. The topological polar surface area (TPSA) is 30.5 Å². The molecular formula is C13H18BrNO2. The Kier molecular flexibility index (Phi) is 4.68. The number of methoxy groups -OCH3 is 1. The van der Waals surface area contributed by atoms with Gasteiger partial charge in [0.2, 0.25) is 0 Å². The maximum absolute atomic E-state index is 5.46. The molecule has 1 heterocycles. The zero-order valence-corrected chi connectivity index (χ0v) is 11.6. The van der Waals surface area contributed by atoms with Crippen molar-refractivity contribution >= 4 is 21.6 Å². The first-order chi connectivity index (χ1) is 8.29. The first kappa shape index (κ1) is 12.7. The maximum Gasteiger partial charge on any atom is 0.121 e. The summed E-state index contributed by atoms with van der Waals surface area (Å²) >= 11 is 3.56. The van der Waals surface area contributed by atoms with Crippen LogP contribution in [0.4, 0.5) is 5.69 Å². The van der Waals surface area contributed by atoms with Gasteiger partial charge in [-0.05, 0) is 47.3 Å². The van der Waals surface area contributed by atoms with E-state index in [0.717, 1.165) is 48.4 Å². The van der Waals surface area contributed by atoms with E-state index in [-0.39, 0.29) is 0 Å². The normalized spacial score (nSPS) is 20.7. The summed E-state index contributed by atoms with van der Waals surface area (Å²) in [5, 5.41) is 3.56. The molecule has 1 N–H and O–H groups in total. The second-order valence-electron chi connectivity index (χ2n) is 4.23. The summed E-state index contributed by atoms with van der Waals surface area (Å²) in [5.41, 5.74) is 1.09. The number of anilines is 1. The summed E-state index contributed by atoms with van der Waals surface area (Å²) in [6.07, 6.45) is 3.34. The lowest BCUT2D eigenvalue weighted by atomic mass is 10.1. The number of nitrogens with one attached hydrogen (secondary N) is 1. The molecule has 1 atom stereocenters. The summed E-state index contributed by atoms with van der Waals surface area (Å²) in [5.74, 6) is 0.876. The van der Waals surface area contributed by atoms with Crippen molar-refractivity contribution in [3.8, 4) is 5.75 Å². The fourth-order valence-electron chi connectivity index (χ4n) is 2.01. The number of halogens is 1. The van der Waals surface area contributed by atoms with Gasteiger partial charge in [-0.2, -0.15) is 0 Å². The van der Waals surface area contributed by atoms with Crippen LogP contribution in [0.1, 0.15) is 19.3 Å². The molecular weight excluding hydrogens is 282 g/mol. The molecule has 3 nitrogen and oxygen atoms in total. The monoisotopic (exact) mass is 299 g/mol. The molecule has 0 radical (unpaired) electrons. The van der Waals surface area contributed by atoms with Crippen LogP contribution in [0.5, 0.6) is 5.75 Å². The highest BCUT2D eigenvalue weighted by Crippen LogP contribution is 2.28. The van der Waals surface area contributed by atoms with Gasteiger partial charge in [0, 0.05) is 29.8 Å². The fourth-order valence-corrected chi connectivity index (χ4v) is 2.37. The van der Waals surface area contributed by atoms with Crippen LogP contribution in [-0.4, -0.2) is 26.4 Å². The standard InChI is InChI=1S/C13H18BrNO2/c1-16-11-4-5-12(14)13(9-11)15-10-3-2-7-17-8-6-10/h4-5,9-10,15H,2-3,6-8H2,1H3. The zero-order valence-electron chi connectivity index (χ0n) is 10.0. The molecule has 0 spiro atoms. The van der Waals surface area contributed by atoms with E-state index in [1.165, 1.54) is 0 Å². The van der Waals surface area contributed by atoms with Gasteiger partial charge >= 0.3 is 0 Å². The number of ether oxygens (including phenoxy) is 2. The van der Waals surface area contributed by atoms with Crippen LogP contribution in [-0.2, 0) is 4.74 Å². The van der Waals surface area contributed by atoms with Crippen molar-refractivity contribution in [2.24, 2.45) is 0 Å². The minimum Gasteiger partial charge on any atom is -0.497 e. The van der Waals surface area contributed by atoms with Crippen LogP contribution in [0.25, 0.3) is 0 Å². The van der Waals surface area contributed by atoms with Crippen LogP contribution >= 0.6 is 15.9 Å². The second kappa shape index (κ2) is 6.26. The van der Waals surface area contributed by atoms with Crippen LogP contribution in [0.15, 0.2) is 22.7 Å². The molecule has 2 rings (SSSR count). The molecule has 0 aliphatic carbocycles. The molecule has 1 saturated heterocycles. The number of rotatable bonds is 3. The Hall–Kier alpha value is -0.740. The minimum atomic E-state index is 0.487. The molecule has 1 unspecified atom stereocenters. The lowest BCUT2D eigenvalue weighted by Gasteiger charge is -2.18. The molecule has 0 aromatic heterocycles. The largest absolute Gasteiger partial charge is 0.497 e. The first-order valence-corrected chi connectivity index (χ1v) is 6.76. The Balaban J connectivity index is 2.05. The quantitative estimate of drug-likeness (QED) is 0.927. The van der Waals surface area contributed by atoms with Crippen molar-refractivity contribution in [2.45, 2.75) is 25.3 Å². The Bertz CT molecular complexity index is 362. The van der Waals surface area contributed by atoms with E-state index in [0.29, 0.717) is 6.04 Å². The average molecular weight is 300 g/mol. The third kappa shape index (κ3) is 3.61. The second-order valence-corrected chi connectivity index (χ2v) is 5.08. The van der Waals surface area contributed by atoms with Crippen molar-refractivity contribution < 1.29 is 9.47 Å². The molecule has 4 heteroatoms. The molecule has 0 bridgehead atoms. The molecule has 1 aliphatic heterocycles. The van der Waals surface area contributed by atoms with E-state index in [1.54, 1.807) is 7.11 Å². The van der Waals surface area contributed by atoms with Crippen molar-refractivity contribution in [1.82, 2.24) is 0 Å². The molecule has 1 aliphatic rings. The van der Waals surface area contributed by atoms with Crippen LogP contribution in [0.3, 0.4) is 0 Å². The van der Waals surface area contributed by atoms with Crippen LogP contribution in [0, 0.1) is 0 Å². The van der Waals surface area contributed by atoms with E-state index < -0.39 is 0 Å². The Morgan fingerprint density at radius 3 is 3.06 bits per heavy atom. The SMILES string of the molecule is COc1ccc(Br)c(NC2CCCOCC2)c1. The van der Waals surface area contributed by atoms with Crippen molar-refractivity contribution in [3.63, 3.8) is 0 Å². The van der Waals surface area contributed by atoms with Gasteiger partial charge in [-0.25, -0.2) is 0 Å². The molecule has 1 fully saturated rings. The van der Waals surface area contributed by atoms with E-state index in [2.05, 4.69) is 21.2 Å². The number of hydrogen-bond acceptors (Lipinski definition) is 3. The summed E-state index contributed by atoms with van der Waals surface area (Å²) in [7, 11) is 1.69. The third-order valence-corrected chi connectivity index (χ3v) is 3.68. The van der Waals surface area contributed by atoms with Gasteiger partial charge in [-0.3, -0.25) is 0 Å². The van der Waals surface area contributed by atoms with E-state index in [1.807, 2.05) is 18.2 Å². The van der Waals surface area contributed by atoms with E-state index in [9.17, 15) is 0 Å². The van der Waals surface area contributed by atoms with Crippen molar-refractivity contribution in [1.29, 1.82) is 0 Å². The molecule has 0 amide bonds. The summed E-state index contributed by atoms with van der Waals surface area (Å²) in [6, 6.07) is 6.47. The highest BCUT2D eigenvalue weighted by molar-refractivity contribution is 9.10. The van der Waals surface area contributed by atoms with Crippen LogP contribution < -0.4 is 10.1 Å². The first-order valence-electron chi connectivity index (χ1n) is 5.97. The van der Waals surface area contributed by atoms with E-state index >= 15 is 0 Å². The van der Waals surface area contributed by atoms with Crippen LogP contribution in [0.2, 0.25) is 0 Å². The van der Waals surface area contributed by atoms with E-state index in [4.69, 9.17) is 9.47 Å². The van der Waals surface area contributed by atoms with Gasteiger partial charge in [0.25, 0.3) is 0 Å². The Morgan fingerprint density at radius 2 is 2.24 bits per heavy atom. The van der Waals surface area contributed by atoms with Gasteiger partial charge in [0.1, 0.15) is 5.75 Å². The predicted molar refractivity (Wildman–Crippen MR) is 72.8 cm³/mol. The Morgan fingerprint density at radius 1 is 1.35 bits per heavy atom. The van der Waals surface area contributed by atoms with Gasteiger partial charge in [0.15, 0.2) is 0 Å². The minimum absolute atomic E-state index is 0.487. The number of benzene rings is 1. The van der Waals surface area contributed by atoms with Gasteiger partial charge in [-0.15, -0.1) is 0 Å². The lowest BCUT2D eigenvalue weighted by Crippen LogP contribution is -2.19. The van der Waals surface area contributed by atoms with Gasteiger partial charge in [0.05, 0.1) is 12.8 Å². The lowest BCUT2D eigenvalue weighted by molar-refractivity contribution is 0.144. The fraction of sp³-hybridized carbons (Fsp3) is 0.538. The highest BCUT2D eigenvalue weighted by atomic mass is 79.9. The van der Waals surface area contributed by atoms with Crippen molar-refractivity contribution in [3.05, 3.63) is 22.7 Å². The summed E-state index contributed by atoms with van der Waals surface area (Å²) < 4.78 is 11.8. The number of hydrogen-bond donors (Lipinski definition) is 1. The molecule has 17 heavy (non-hydrogen) atoms. The summed E-state index contributed by atoms with van der Waals surface area (Å²) in [6.45, 7) is 1.73. The zero-order chi connectivity index (χ0) is 12.1. The smallest absolute Gasteiger partial charge is 0.121 e.